The predicted octanol–water partition coefficient (Wildman–Crippen LogP) is 4.95. The maximum Gasteiger partial charge on any atom is 0.119 e. The van der Waals surface area contributed by atoms with Gasteiger partial charge in [0.1, 0.15) is 5.75 Å². The first-order chi connectivity index (χ1) is 13.7. The minimum atomic E-state index is 0.586. The number of nitrogens with zero attached hydrogens (tertiary/aromatic N) is 2. The Hall–Kier alpha value is -2.30. The van der Waals surface area contributed by atoms with Gasteiger partial charge in [0.15, 0.2) is 0 Å². The van der Waals surface area contributed by atoms with E-state index in [2.05, 4.69) is 64.9 Å². The molecule has 1 saturated heterocycles. The summed E-state index contributed by atoms with van der Waals surface area (Å²) in [5.74, 6) is 0.936. The van der Waals surface area contributed by atoms with Crippen molar-refractivity contribution in [3.8, 4) is 11.4 Å². The lowest BCUT2D eigenvalue weighted by Crippen LogP contribution is -2.21. The number of hydrogen-bond acceptors (Lipinski definition) is 3. The topological polar surface area (TPSA) is 26.6 Å². The summed E-state index contributed by atoms with van der Waals surface area (Å²) in [7, 11) is 1.74. The first-order valence-corrected chi connectivity index (χ1v) is 10.3. The minimum Gasteiger partial charge on any atom is -0.494 e. The highest BCUT2D eigenvalue weighted by Crippen LogP contribution is 2.27. The molecular formula is C24H30N2O2. The summed E-state index contributed by atoms with van der Waals surface area (Å²) in [5, 5.41) is 1.24. The highest BCUT2D eigenvalue weighted by atomic mass is 16.5. The second kappa shape index (κ2) is 8.80. The van der Waals surface area contributed by atoms with Crippen LogP contribution in [0, 0.1) is 6.92 Å². The largest absolute Gasteiger partial charge is 0.494 e. The van der Waals surface area contributed by atoms with E-state index in [-0.39, 0.29) is 0 Å². The van der Waals surface area contributed by atoms with Crippen LogP contribution in [0.25, 0.3) is 16.6 Å². The molecule has 0 aliphatic carbocycles. The molecule has 0 radical (unpaired) electrons. The molecule has 1 aromatic heterocycles. The van der Waals surface area contributed by atoms with Gasteiger partial charge in [-0.05, 0) is 81.7 Å². The van der Waals surface area contributed by atoms with Crippen molar-refractivity contribution in [1.29, 1.82) is 0 Å². The Labute approximate surface area is 167 Å². The van der Waals surface area contributed by atoms with Crippen LogP contribution >= 0.6 is 0 Å². The van der Waals surface area contributed by atoms with E-state index in [1.807, 2.05) is 0 Å². The normalized spacial score (nSPS) is 14.8. The molecule has 0 amide bonds. The van der Waals surface area contributed by atoms with E-state index >= 15 is 0 Å². The lowest BCUT2D eigenvalue weighted by atomic mass is 10.2. The Kier molecular flexibility index (Phi) is 5.98. The van der Waals surface area contributed by atoms with E-state index in [4.69, 9.17) is 9.47 Å². The summed E-state index contributed by atoms with van der Waals surface area (Å²) < 4.78 is 13.7. The number of rotatable bonds is 8. The summed E-state index contributed by atoms with van der Waals surface area (Å²) >= 11 is 0. The number of benzene rings is 2. The number of hydrogen-bond donors (Lipinski definition) is 0. The average Bonchev–Trinajstić information content (AvgIpc) is 3.33. The molecule has 0 saturated carbocycles. The Balaban J connectivity index is 1.46. The summed E-state index contributed by atoms with van der Waals surface area (Å²) in [6, 6.07) is 17.2. The van der Waals surface area contributed by atoms with Crippen molar-refractivity contribution in [3.63, 3.8) is 0 Å². The first kappa shape index (κ1) is 19.0. The van der Waals surface area contributed by atoms with Gasteiger partial charge in [0, 0.05) is 30.4 Å². The Morgan fingerprint density at radius 1 is 0.964 bits per heavy atom. The lowest BCUT2D eigenvalue weighted by molar-refractivity contribution is 0.180. The van der Waals surface area contributed by atoms with Gasteiger partial charge in [-0.25, -0.2) is 0 Å². The van der Waals surface area contributed by atoms with Gasteiger partial charge in [-0.15, -0.1) is 0 Å². The van der Waals surface area contributed by atoms with E-state index in [0.29, 0.717) is 6.61 Å². The van der Waals surface area contributed by atoms with E-state index in [1.54, 1.807) is 7.11 Å². The number of aryl methyl sites for hydroxylation is 1. The molecule has 148 valence electrons. The van der Waals surface area contributed by atoms with Gasteiger partial charge in [0.05, 0.1) is 18.7 Å². The molecule has 0 spiro atoms. The van der Waals surface area contributed by atoms with E-state index in [1.165, 1.54) is 42.4 Å². The highest BCUT2D eigenvalue weighted by molar-refractivity contribution is 5.84. The van der Waals surface area contributed by atoms with Crippen molar-refractivity contribution in [2.24, 2.45) is 0 Å². The maximum absolute atomic E-state index is 5.96. The van der Waals surface area contributed by atoms with E-state index in [0.717, 1.165) is 36.7 Å². The van der Waals surface area contributed by atoms with Gasteiger partial charge in [-0.3, -0.25) is 0 Å². The Bertz CT molecular complexity index is 908. The third-order valence-electron chi connectivity index (χ3n) is 5.51. The van der Waals surface area contributed by atoms with Gasteiger partial charge in [0.2, 0.25) is 0 Å². The standard InChI is InChI=1S/C24H30N2O2/c1-19-6-11-24-20(16-19)17-22(18-27-2)26(24)21-7-9-23(10-8-21)28-15-5-14-25-12-3-4-13-25/h6-11,16-17H,3-5,12-15,18H2,1-2H3. The summed E-state index contributed by atoms with van der Waals surface area (Å²) in [5.41, 5.74) is 4.76. The van der Waals surface area contributed by atoms with Crippen LogP contribution in [0.15, 0.2) is 48.5 Å². The van der Waals surface area contributed by atoms with Crippen molar-refractivity contribution in [2.75, 3.05) is 33.4 Å². The average molecular weight is 379 g/mol. The minimum absolute atomic E-state index is 0.586. The van der Waals surface area contributed by atoms with Crippen LogP contribution in [0.5, 0.6) is 5.75 Å². The van der Waals surface area contributed by atoms with Gasteiger partial charge in [0.25, 0.3) is 0 Å². The van der Waals surface area contributed by atoms with Crippen molar-refractivity contribution in [2.45, 2.75) is 32.8 Å². The van der Waals surface area contributed by atoms with Crippen LogP contribution in [0.2, 0.25) is 0 Å². The van der Waals surface area contributed by atoms with E-state index in [9.17, 15) is 0 Å². The van der Waals surface area contributed by atoms with Crippen LogP contribution in [0.1, 0.15) is 30.5 Å². The SMILES string of the molecule is COCc1cc2cc(C)ccc2n1-c1ccc(OCCCN2CCCC2)cc1. The van der Waals surface area contributed by atoms with Gasteiger partial charge >= 0.3 is 0 Å². The summed E-state index contributed by atoms with van der Waals surface area (Å²) in [6.07, 6.45) is 3.78. The molecule has 2 heterocycles. The molecule has 0 unspecified atom stereocenters. The molecule has 3 aromatic rings. The fourth-order valence-corrected chi connectivity index (χ4v) is 4.13. The molecule has 0 N–H and O–H groups in total. The smallest absolute Gasteiger partial charge is 0.119 e. The molecule has 4 heteroatoms. The van der Waals surface area contributed by atoms with Crippen molar-refractivity contribution >= 4 is 10.9 Å². The van der Waals surface area contributed by atoms with Crippen LogP contribution in [0.4, 0.5) is 0 Å². The van der Waals surface area contributed by atoms with Gasteiger partial charge in [-0.2, -0.15) is 0 Å². The molecular weight excluding hydrogens is 348 g/mol. The highest BCUT2D eigenvalue weighted by Gasteiger charge is 2.12. The zero-order chi connectivity index (χ0) is 19.3. The molecule has 28 heavy (non-hydrogen) atoms. The number of aromatic nitrogens is 1. The second-order valence-corrected chi connectivity index (χ2v) is 7.71. The number of ether oxygens (including phenoxy) is 2. The first-order valence-electron chi connectivity index (χ1n) is 10.3. The summed E-state index contributed by atoms with van der Waals surface area (Å²) in [4.78, 5) is 2.53. The van der Waals surface area contributed by atoms with Crippen LogP contribution in [-0.4, -0.2) is 42.8 Å². The second-order valence-electron chi connectivity index (χ2n) is 7.71. The quantitative estimate of drug-likeness (QED) is 0.519. The molecule has 1 aliphatic heterocycles. The molecule has 4 nitrogen and oxygen atoms in total. The molecule has 2 aromatic carbocycles. The van der Waals surface area contributed by atoms with Crippen LogP contribution in [-0.2, 0) is 11.3 Å². The number of likely N-dealkylation sites (tertiary alicyclic amines) is 1. The third-order valence-corrected chi connectivity index (χ3v) is 5.51. The lowest BCUT2D eigenvalue weighted by Gasteiger charge is -2.15. The fourth-order valence-electron chi connectivity index (χ4n) is 4.13. The molecule has 0 bridgehead atoms. The van der Waals surface area contributed by atoms with Crippen LogP contribution < -0.4 is 4.74 Å². The maximum atomic E-state index is 5.96. The Morgan fingerprint density at radius 2 is 1.75 bits per heavy atom. The fraction of sp³-hybridized carbons (Fsp3) is 0.417. The van der Waals surface area contributed by atoms with Gasteiger partial charge < -0.3 is 18.9 Å². The zero-order valence-corrected chi connectivity index (χ0v) is 17.0. The summed E-state index contributed by atoms with van der Waals surface area (Å²) in [6.45, 7) is 7.14. The van der Waals surface area contributed by atoms with Crippen molar-refractivity contribution in [3.05, 3.63) is 59.8 Å². The van der Waals surface area contributed by atoms with Crippen molar-refractivity contribution in [1.82, 2.24) is 9.47 Å². The molecule has 1 fully saturated rings. The number of methoxy groups -OCH3 is 1. The van der Waals surface area contributed by atoms with Crippen LogP contribution in [0.3, 0.4) is 0 Å². The predicted molar refractivity (Wildman–Crippen MR) is 115 cm³/mol. The zero-order valence-electron chi connectivity index (χ0n) is 17.0. The molecule has 1 aliphatic rings. The monoisotopic (exact) mass is 378 g/mol. The van der Waals surface area contributed by atoms with E-state index < -0.39 is 0 Å². The Morgan fingerprint density at radius 3 is 2.50 bits per heavy atom. The third kappa shape index (κ3) is 4.23. The van der Waals surface area contributed by atoms with Crippen molar-refractivity contribution < 1.29 is 9.47 Å². The molecule has 4 rings (SSSR count). The number of fused-ring (bicyclic) bond motifs is 1. The molecule has 0 atom stereocenters. The van der Waals surface area contributed by atoms with Gasteiger partial charge in [-0.1, -0.05) is 11.6 Å².